The molecular formula is C19H23N5O2. The van der Waals surface area contributed by atoms with Gasteiger partial charge in [-0.2, -0.15) is 0 Å². The number of hydrogen-bond donors (Lipinski definition) is 2. The number of anilines is 1. The Morgan fingerprint density at radius 3 is 2.62 bits per heavy atom. The quantitative estimate of drug-likeness (QED) is 0.854. The highest BCUT2D eigenvalue weighted by Gasteiger charge is 2.27. The molecular weight excluding hydrogens is 330 g/mol. The molecule has 2 amide bonds. The van der Waals surface area contributed by atoms with E-state index in [0.29, 0.717) is 30.2 Å². The fraction of sp³-hybridized carbons (Fsp3) is 0.368. The number of nitrogens with zero attached hydrogens (tertiary/aromatic N) is 3. The van der Waals surface area contributed by atoms with Crippen molar-refractivity contribution < 1.29 is 9.59 Å². The zero-order valence-electron chi connectivity index (χ0n) is 15.0. The number of carbonyl (C=O) groups is 2. The van der Waals surface area contributed by atoms with Crippen molar-refractivity contribution >= 4 is 17.6 Å². The first-order valence-corrected chi connectivity index (χ1v) is 8.73. The fourth-order valence-electron chi connectivity index (χ4n) is 3.02. The first-order valence-electron chi connectivity index (χ1n) is 8.73. The number of amides is 2. The molecule has 2 aromatic rings. The summed E-state index contributed by atoms with van der Waals surface area (Å²) < 4.78 is 0. The van der Waals surface area contributed by atoms with Crippen LogP contribution in [-0.2, 0) is 4.79 Å². The smallest absolute Gasteiger partial charge is 0.254 e. The molecule has 0 bridgehead atoms. The van der Waals surface area contributed by atoms with Gasteiger partial charge in [-0.1, -0.05) is 12.1 Å². The minimum Gasteiger partial charge on any atom is -0.384 e. The molecule has 1 aromatic carbocycles. The average molecular weight is 353 g/mol. The molecule has 0 spiro atoms. The molecule has 136 valence electrons. The molecule has 1 atom stereocenters. The Hall–Kier alpha value is -2.96. The van der Waals surface area contributed by atoms with E-state index in [1.54, 1.807) is 29.3 Å². The molecule has 1 unspecified atom stereocenters. The van der Waals surface area contributed by atoms with E-state index in [0.717, 1.165) is 12.0 Å². The molecule has 1 fully saturated rings. The molecule has 1 aliphatic heterocycles. The van der Waals surface area contributed by atoms with Gasteiger partial charge in [0.05, 0.1) is 0 Å². The van der Waals surface area contributed by atoms with E-state index in [4.69, 9.17) is 5.73 Å². The summed E-state index contributed by atoms with van der Waals surface area (Å²) in [6, 6.07) is 8.87. The van der Waals surface area contributed by atoms with Crippen LogP contribution in [0.3, 0.4) is 0 Å². The fourth-order valence-corrected chi connectivity index (χ4v) is 3.02. The second-order valence-electron chi connectivity index (χ2n) is 6.74. The third kappa shape index (κ3) is 3.99. The Morgan fingerprint density at radius 2 is 2.04 bits per heavy atom. The minimum atomic E-state index is -0.0545. The maximum Gasteiger partial charge on any atom is 0.254 e. The predicted octanol–water partition coefficient (Wildman–Crippen LogP) is 1.85. The van der Waals surface area contributed by atoms with Crippen LogP contribution in [0.5, 0.6) is 0 Å². The summed E-state index contributed by atoms with van der Waals surface area (Å²) in [4.78, 5) is 34.5. The molecule has 3 N–H and O–H groups in total. The van der Waals surface area contributed by atoms with Gasteiger partial charge in [0.1, 0.15) is 5.82 Å². The summed E-state index contributed by atoms with van der Waals surface area (Å²) in [6.45, 7) is 4.47. The molecule has 26 heavy (non-hydrogen) atoms. The number of nitrogens with one attached hydrogen (secondary N) is 1. The molecule has 7 nitrogen and oxygen atoms in total. The van der Waals surface area contributed by atoms with Gasteiger partial charge in [0.2, 0.25) is 5.91 Å². The Labute approximate surface area is 152 Å². The second kappa shape index (κ2) is 7.51. The van der Waals surface area contributed by atoms with E-state index in [-0.39, 0.29) is 23.9 Å². The lowest BCUT2D eigenvalue weighted by Crippen LogP contribution is -2.45. The monoisotopic (exact) mass is 353 g/mol. The summed E-state index contributed by atoms with van der Waals surface area (Å²) >= 11 is 0. The zero-order chi connectivity index (χ0) is 18.7. The van der Waals surface area contributed by atoms with Gasteiger partial charge in [-0.25, -0.2) is 9.97 Å². The summed E-state index contributed by atoms with van der Waals surface area (Å²) in [5.74, 6) is 0.928. The predicted molar refractivity (Wildman–Crippen MR) is 99.2 cm³/mol. The number of nitrogens with two attached hydrogens (primary N) is 1. The number of hydrogen-bond acceptors (Lipinski definition) is 5. The van der Waals surface area contributed by atoms with E-state index in [1.165, 1.54) is 0 Å². The van der Waals surface area contributed by atoms with Crippen LogP contribution >= 0.6 is 0 Å². The molecule has 0 radical (unpaired) electrons. The van der Waals surface area contributed by atoms with Gasteiger partial charge in [0.25, 0.3) is 5.91 Å². The maximum absolute atomic E-state index is 12.9. The third-order valence-electron chi connectivity index (χ3n) is 4.45. The molecule has 0 aliphatic carbocycles. The van der Waals surface area contributed by atoms with Crippen LogP contribution in [0.4, 0.5) is 5.82 Å². The van der Waals surface area contributed by atoms with Crippen molar-refractivity contribution in [3.63, 3.8) is 0 Å². The molecule has 1 aromatic heterocycles. The minimum absolute atomic E-state index is 0.0221. The van der Waals surface area contributed by atoms with Crippen molar-refractivity contribution in [1.29, 1.82) is 0 Å². The lowest BCUT2D eigenvalue weighted by atomic mass is 10.1. The van der Waals surface area contributed by atoms with Crippen LogP contribution in [-0.4, -0.2) is 45.3 Å². The lowest BCUT2D eigenvalue weighted by molar-refractivity contribution is -0.119. The van der Waals surface area contributed by atoms with Crippen LogP contribution < -0.4 is 11.1 Å². The molecule has 7 heteroatoms. The number of benzene rings is 1. The van der Waals surface area contributed by atoms with Gasteiger partial charge in [-0.15, -0.1) is 0 Å². The van der Waals surface area contributed by atoms with E-state index < -0.39 is 0 Å². The Bertz CT molecular complexity index is 804. The van der Waals surface area contributed by atoms with Crippen LogP contribution in [0.1, 0.15) is 37.0 Å². The summed E-state index contributed by atoms with van der Waals surface area (Å²) in [7, 11) is 0. The van der Waals surface area contributed by atoms with Crippen LogP contribution in [0, 0.1) is 0 Å². The number of aromatic nitrogens is 2. The number of nitrogen functional groups attached to an aromatic ring is 1. The Balaban J connectivity index is 1.75. The van der Waals surface area contributed by atoms with E-state index in [9.17, 15) is 9.59 Å². The zero-order valence-corrected chi connectivity index (χ0v) is 15.0. The number of carbonyl (C=O) groups excluding carboxylic acids is 2. The topological polar surface area (TPSA) is 101 Å². The molecule has 3 rings (SSSR count). The maximum atomic E-state index is 12.9. The van der Waals surface area contributed by atoms with Crippen molar-refractivity contribution in [3.05, 3.63) is 42.1 Å². The highest BCUT2D eigenvalue weighted by molar-refractivity contribution is 5.95. The van der Waals surface area contributed by atoms with Gasteiger partial charge in [0.15, 0.2) is 5.82 Å². The highest BCUT2D eigenvalue weighted by atomic mass is 16.2. The first-order chi connectivity index (χ1) is 12.4. The molecule has 1 aliphatic rings. The number of rotatable bonds is 5. The summed E-state index contributed by atoms with van der Waals surface area (Å²) in [5.41, 5.74) is 7.09. The van der Waals surface area contributed by atoms with Gasteiger partial charge in [-0.05, 0) is 38.5 Å². The normalized spacial score (nSPS) is 16.6. The second-order valence-corrected chi connectivity index (χ2v) is 6.74. The Morgan fingerprint density at radius 1 is 1.31 bits per heavy atom. The standard InChI is InChI=1S/C19H23N5O2/c1-12(2)24(11-15-7-8-17(25)22-15)19(26)14-5-3-13(4-6-14)18-21-10-9-16(20)23-18/h3-6,9-10,12,15H,7-8,11H2,1-2H3,(H,22,25)(H2,20,21,23). The first kappa shape index (κ1) is 17.8. The SMILES string of the molecule is CC(C)N(CC1CCC(=O)N1)C(=O)c1ccc(-c2nccc(N)n2)cc1. The van der Waals surface area contributed by atoms with Crippen molar-refractivity contribution in [1.82, 2.24) is 20.2 Å². The van der Waals surface area contributed by atoms with Crippen molar-refractivity contribution in [2.45, 2.75) is 38.8 Å². The van der Waals surface area contributed by atoms with Crippen molar-refractivity contribution in [2.75, 3.05) is 12.3 Å². The summed E-state index contributed by atoms with van der Waals surface area (Å²) in [5, 5.41) is 2.92. The van der Waals surface area contributed by atoms with Gasteiger partial charge < -0.3 is 16.0 Å². The van der Waals surface area contributed by atoms with Crippen LogP contribution in [0.25, 0.3) is 11.4 Å². The van der Waals surface area contributed by atoms with Gasteiger partial charge in [-0.3, -0.25) is 9.59 Å². The van der Waals surface area contributed by atoms with Crippen LogP contribution in [0.15, 0.2) is 36.5 Å². The van der Waals surface area contributed by atoms with E-state index >= 15 is 0 Å². The third-order valence-corrected chi connectivity index (χ3v) is 4.45. The Kier molecular flexibility index (Phi) is 5.16. The van der Waals surface area contributed by atoms with E-state index in [2.05, 4.69) is 15.3 Å². The van der Waals surface area contributed by atoms with E-state index in [1.807, 2.05) is 26.0 Å². The highest BCUT2D eigenvalue weighted by Crippen LogP contribution is 2.19. The average Bonchev–Trinajstić information content (AvgIpc) is 3.04. The van der Waals surface area contributed by atoms with Crippen molar-refractivity contribution in [2.24, 2.45) is 0 Å². The van der Waals surface area contributed by atoms with Crippen molar-refractivity contribution in [3.8, 4) is 11.4 Å². The van der Waals surface area contributed by atoms with Crippen LogP contribution in [0.2, 0.25) is 0 Å². The van der Waals surface area contributed by atoms with Gasteiger partial charge >= 0.3 is 0 Å². The lowest BCUT2D eigenvalue weighted by Gasteiger charge is -2.29. The largest absolute Gasteiger partial charge is 0.384 e. The molecule has 1 saturated heterocycles. The molecule has 2 heterocycles. The molecule has 0 saturated carbocycles. The van der Waals surface area contributed by atoms with Gasteiger partial charge in [0, 0.05) is 42.4 Å². The summed E-state index contributed by atoms with van der Waals surface area (Å²) in [6.07, 6.45) is 2.90.